The minimum absolute atomic E-state index is 0.0295. The van der Waals surface area contributed by atoms with Crippen LogP contribution in [0.2, 0.25) is 0 Å². The smallest absolute Gasteiger partial charge is 0.254 e. The first kappa shape index (κ1) is 9.24. The van der Waals surface area contributed by atoms with Gasteiger partial charge in [-0.05, 0) is 25.7 Å². The molecule has 14 heavy (non-hydrogen) atoms. The van der Waals surface area contributed by atoms with Gasteiger partial charge in [-0.2, -0.15) is 5.10 Å². The number of nitrogens with zero attached hydrogens (tertiary/aromatic N) is 1. The number of H-pyrrole nitrogens is 1. The van der Waals surface area contributed by atoms with Gasteiger partial charge in [0.1, 0.15) is 0 Å². The van der Waals surface area contributed by atoms with Crippen LogP contribution in [0, 0.1) is 5.92 Å². The highest BCUT2D eigenvalue weighted by Crippen LogP contribution is 2.29. The molecule has 76 valence electrons. The molecule has 1 heterocycles. The predicted molar refractivity (Wildman–Crippen MR) is 52.9 cm³/mol. The average molecular weight is 193 g/mol. The van der Waals surface area contributed by atoms with Crippen molar-refractivity contribution >= 4 is 5.91 Å². The Hall–Kier alpha value is -1.32. The molecule has 1 aliphatic rings. The first-order valence-corrected chi connectivity index (χ1v) is 5.07. The molecule has 1 aromatic heterocycles. The number of aromatic amines is 1. The zero-order valence-electron chi connectivity index (χ0n) is 8.29. The lowest BCUT2D eigenvalue weighted by atomic mass is 9.80. The lowest BCUT2D eigenvalue weighted by molar-refractivity contribution is 0.0909. The van der Waals surface area contributed by atoms with Crippen LogP contribution in [0.4, 0.5) is 0 Å². The Morgan fingerprint density at radius 3 is 3.00 bits per heavy atom. The van der Waals surface area contributed by atoms with Crippen molar-refractivity contribution in [2.24, 2.45) is 5.92 Å². The van der Waals surface area contributed by atoms with E-state index in [1.165, 1.54) is 19.3 Å². The van der Waals surface area contributed by atoms with Crippen molar-refractivity contribution in [3.63, 3.8) is 0 Å². The summed E-state index contributed by atoms with van der Waals surface area (Å²) in [6.45, 7) is 2.07. The van der Waals surface area contributed by atoms with Crippen LogP contribution >= 0.6 is 0 Å². The van der Waals surface area contributed by atoms with Crippen molar-refractivity contribution in [2.45, 2.75) is 32.2 Å². The van der Waals surface area contributed by atoms with Crippen LogP contribution in [0.15, 0.2) is 12.4 Å². The molecule has 1 fully saturated rings. The summed E-state index contributed by atoms with van der Waals surface area (Å²) in [5, 5.41) is 9.36. The molecule has 0 spiro atoms. The number of hydrogen-bond acceptors (Lipinski definition) is 2. The van der Waals surface area contributed by atoms with Crippen LogP contribution in [0.1, 0.15) is 36.5 Å². The Bertz CT molecular complexity index is 303. The van der Waals surface area contributed by atoms with E-state index in [2.05, 4.69) is 22.4 Å². The number of carbonyl (C=O) groups excluding carboxylic acids is 1. The molecule has 1 amide bonds. The molecule has 2 N–H and O–H groups in total. The summed E-state index contributed by atoms with van der Waals surface area (Å²) in [4.78, 5) is 11.6. The molecule has 0 radical (unpaired) electrons. The minimum Gasteiger partial charge on any atom is -0.349 e. The molecule has 0 aliphatic heterocycles. The first-order valence-electron chi connectivity index (χ1n) is 5.07. The molecule has 2 rings (SSSR count). The predicted octanol–water partition coefficient (Wildman–Crippen LogP) is 1.33. The van der Waals surface area contributed by atoms with Gasteiger partial charge >= 0.3 is 0 Å². The summed E-state index contributed by atoms with van der Waals surface area (Å²) in [5.74, 6) is 0.643. The largest absolute Gasteiger partial charge is 0.349 e. The van der Waals surface area contributed by atoms with Crippen molar-refractivity contribution in [3.8, 4) is 0 Å². The van der Waals surface area contributed by atoms with Gasteiger partial charge in [0.05, 0.1) is 11.8 Å². The summed E-state index contributed by atoms with van der Waals surface area (Å²) >= 11 is 0. The van der Waals surface area contributed by atoms with E-state index in [-0.39, 0.29) is 11.9 Å². The van der Waals surface area contributed by atoms with Gasteiger partial charge in [0.15, 0.2) is 0 Å². The number of hydrogen-bond donors (Lipinski definition) is 2. The van der Waals surface area contributed by atoms with Gasteiger partial charge in [0, 0.05) is 12.2 Å². The summed E-state index contributed by atoms with van der Waals surface area (Å²) in [7, 11) is 0. The van der Waals surface area contributed by atoms with E-state index in [1.54, 1.807) is 12.4 Å². The molecule has 1 atom stereocenters. The van der Waals surface area contributed by atoms with Gasteiger partial charge < -0.3 is 5.32 Å². The SMILES string of the molecule is CC(NC(=O)c1cn[nH]c1)C1CCC1. The summed E-state index contributed by atoms with van der Waals surface area (Å²) in [6.07, 6.45) is 6.95. The van der Waals surface area contributed by atoms with Crippen LogP contribution < -0.4 is 5.32 Å². The Morgan fingerprint density at radius 1 is 1.71 bits per heavy atom. The number of nitrogens with one attached hydrogen (secondary N) is 2. The molecule has 4 heteroatoms. The Kier molecular flexibility index (Phi) is 2.52. The van der Waals surface area contributed by atoms with Gasteiger partial charge in [0.25, 0.3) is 5.91 Å². The number of amides is 1. The zero-order valence-corrected chi connectivity index (χ0v) is 8.29. The topological polar surface area (TPSA) is 57.8 Å². The Labute approximate surface area is 83.1 Å². The third-order valence-electron chi connectivity index (χ3n) is 2.98. The van der Waals surface area contributed by atoms with Crippen LogP contribution in [0.5, 0.6) is 0 Å². The maximum Gasteiger partial charge on any atom is 0.254 e. The highest BCUT2D eigenvalue weighted by atomic mass is 16.1. The van der Waals surface area contributed by atoms with Crippen molar-refractivity contribution in [1.82, 2.24) is 15.5 Å². The van der Waals surface area contributed by atoms with E-state index < -0.39 is 0 Å². The van der Waals surface area contributed by atoms with Crippen molar-refractivity contribution < 1.29 is 4.79 Å². The van der Waals surface area contributed by atoms with Crippen molar-refractivity contribution in [1.29, 1.82) is 0 Å². The standard InChI is InChI=1S/C10H15N3O/c1-7(8-3-2-4-8)13-10(14)9-5-11-12-6-9/h5-8H,2-4H2,1H3,(H,11,12)(H,13,14). The lowest BCUT2D eigenvalue weighted by Crippen LogP contribution is -2.40. The van der Waals surface area contributed by atoms with Crippen LogP contribution in [0.25, 0.3) is 0 Å². The number of carbonyl (C=O) groups is 1. The molecular formula is C10H15N3O. The highest BCUT2D eigenvalue weighted by Gasteiger charge is 2.25. The van der Waals surface area contributed by atoms with Gasteiger partial charge in [-0.1, -0.05) is 6.42 Å². The monoisotopic (exact) mass is 193 g/mol. The van der Waals surface area contributed by atoms with Gasteiger partial charge in [-0.25, -0.2) is 0 Å². The molecule has 1 unspecified atom stereocenters. The van der Waals surface area contributed by atoms with Crippen LogP contribution in [-0.2, 0) is 0 Å². The third-order valence-corrected chi connectivity index (χ3v) is 2.98. The summed E-state index contributed by atoms with van der Waals surface area (Å²) < 4.78 is 0. The normalized spacial score (nSPS) is 18.6. The van der Waals surface area contributed by atoms with E-state index in [4.69, 9.17) is 0 Å². The van der Waals surface area contributed by atoms with E-state index >= 15 is 0 Å². The fourth-order valence-corrected chi connectivity index (χ4v) is 1.72. The van der Waals surface area contributed by atoms with Gasteiger partial charge in [0.2, 0.25) is 0 Å². The molecule has 0 bridgehead atoms. The maximum atomic E-state index is 11.6. The van der Waals surface area contributed by atoms with Gasteiger partial charge in [-0.15, -0.1) is 0 Å². The molecular weight excluding hydrogens is 178 g/mol. The molecule has 1 aromatic rings. The lowest BCUT2D eigenvalue weighted by Gasteiger charge is -2.31. The molecule has 0 saturated heterocycles. The van der Waals surface area contributed by atoms with Crippen molar-refractivity contribution in [3.05, 3.63) is 18.0 Å². The fourth-order valence-electron chi connectivity index (χ4n) is 1.72. The molecule has 4 nitrogen and oxygen atoms in total. The second-order valence-electron chi connectivity index (χ2n) is 3.94. The molecule has 0 aromatic carbocycles. The van der Waals surface area contributed by atoms with Gasteiger partial charge in [-0.3, -0.25) is 9.89 Å². The van der Waals surface area contributed by atoms with E-state index in [9.17, 15) is 4.79 Å². The highest BCUT2D eigenvalue weighted by molar-refractivity contribution is 5.93. The van der Waals surface area contributed by atoms with Crippen LogP contribution in [-0.4, -0.2) is 22.1 Å². The van der Waals surface area contributed by atoms with E-state index in [1.807, 2.05) is 0 Å². The zero-order chi connectivity index (χ0) is 9.97. The Balaban J connectivity index is 1.87. The maximum absolute atomic E-state index is 11.6. The van der Waals surface area contributed by atoms with E-state index in [0.717, 1.165) is 0 Å². The number of rotatable bonds is 3. The number of aromatic nitrogens is 2. The molecule has 1 saturated carbocycles. The first-order chi connectivity index (χ1) is 6.77. The second kappa shape index (κ2) is 3.82. The quantitative estimate of drug-likeness (QED) is 0.760. The second-order valence-corrected chi connectivity index (χ2v) is 3.94. The average Bonchev–Trinajstić information content (AvgIpc) is 2.51. The van der Waals surface area contributed by atoms with Crippen molar-refractivity contribution in [2.75, 3.05) is 0 Å². The fraction of sp³-hybridized carbons (Fsp3) is 0.600. The third kappa shape index (κ3) is 1.78. The summed E-state index contributed by atoms with van der Waals surface area (Å²) in [5.41, 5.74) is 0.608. The Morgan fingerprint density at radius 2 is 2.50 bits per heavy atom. The van der Waals surface area contributed by atoms with E-state index in [0.29, 0.717) is 11.5 Å². The minimum atomic E-state index is -0.0295. The summed E-state index contributed by atoms with van der Waals surface area (Å²) in [6, 6.07) is 0.283. The van der Waals surface area contributed by atoms with Crippen LogP contribution in [0.3, 0.4) is 0 Å². The molecule has 1 aliphatic carbocycles.